The van der Waals surface area contributed by atoms with Gasteiger partial charge in [-0.1, -0.05) is 12.1 Å². The molecule has 126 valence electrons. The van der Waals surface area contributed by atoms with Crippen LogP contribution in [0.5, 0.6) is 0 Å². The van der Waals surface area contributed by atoms with Crippen molar-refractivity contribution in [3.8, 4) is 6.07 Å². The Bertz CT molecular complexity index is 867. The SMILES string of the molecule is N#Cc1ccccc1Nc1cc2c3c(c1)[C@@H]1CNC[C@@H]1CN3CCC2. The van der Waals surface area contributed by atoms with E-state index in [1.807, 2.05) is 24.3 Å². The minimum absolute atomic E-state index is 0.621. The van der Waals surface area contributed by atoms with Gasteiger partial charge in [-0.15, -0.1) is 0 Å². The summed E-state index contributed by atoms with van der Waals surface area (Å²) in [7, 11) is 0. The lowest BCUT2D eigenvalue weighted by Gasteiger charge is -2.42. The lowest BCUT2D eigenvalue weighted by Crippen LogP contribution is -2.41. The molecule has 4 heteroatoms. The number of benzene rings is 2. The Morgan fingerprint density at radius 2 is 2.12 bits per heavy atom. The third-order valence-electron chi connectivity index (χ3n) is 5.93. The van der Waals surface area contributed by atoms with Gasteiger partial charge in [0, 0.05) is 43.5 Å². The van der Waals surface area contributed by atoms with Crippen molar-refractivity contribution in [1.82, 2.24) is 5.32 Å². The van der Waals surface area contributed by atoms with Gasteiger partial charge >= 0.3 is 0 Å². The molecule has 0 spiro atoms. The highest BCUT2D eigenvalue weighted by Crippen LogP contribution is 2.46. The van der Waals surface area contributed by atoms with Crippen LogP contribution in [-0.4, -0.2) is 26.2 Å². The molecule has 1 fully saturated rings. The largest absolute Gasteiger partial charge is 0.371 e. The number of rotatable bonds is 2. The number of hydrogen-bond acceptors (Lipinski definition) is 4. The number of para-hydroxylation sites is 1. The summed E-state index contributed by atoms with van der Waals surface area (Å²) < 4.78 is 0. The third-order valence-corrected chi connectivity index (χ3v) is 5.93. The van der Waals surface area contributed by atoms with Crippen LogP contribution in [0, 0.1) is 17.2 Å². The van der Waals surface area contributed by atoms with Crippen LogP contribution in [0.2, 0.25) is 0 Å². The summed E-state index contributed by atoms with van der Waals surface area (Å²) in [5.41, 5.74) is 7.15. The zero-order chi connectivity index (χ0) is 16.8. The summed E-state index contributed by atoms with van der Waals surface area (Å²) in [6.45, 7) is 4.60. The first-order valence-corrected chi connectivity index (χ1v) is 9.22. The Balaban J connectivity index is 1.59. The number of anilines is 3. The van der Waals surface area contributed by atoms with Gasteiger partial charge in [-0.2, -0.15) is 5.26 Å². The molecule has 3 aliphatic heterocycles. The van der Waals surface area contributed by atoms with E-state index in [0.717, 1.165) is 36.8 Å². The average Bonchev–Trinajstić information content (AvgIpc) is 3.11. The molecule has 3 aliphatic rings. The number of nitriles is 1. The van der Waals surface area contributed by atoms with E-state index in [2.05, 4.69) is 33.7 Å². The van der Waals surface area contributed by atoms with Gasteiger partial charge in [-0.25, -0.2) is 0 Å². The van der Waals surface area contributed by atoms with Crippen LogP contribution in [0.4, 0.5) is 17.1 Å². The lowest BCUT2D eigenvalue weighted by molar-refractivity contribution is 0.470. The molecule has 3 heterocycles. The van der Waals surface area contributed by atoms with Crippen molar-refractivity contribution in [2.75, 3.05) is 36.4 Å². The second-order valence-electron chi connectivity index (χ2n) is 7.43. The minimum atomic E-state index is 0.621. The van der Waals surface area contributed by atoms with E-state index in [4.69, 9.17) is 0 Å². The summed E-state index contributed by atoms with van der Waals surface area (Å²) in [6, 6.07) is 14.6. The molecule has 0 bridgehead atoms. The van der Waals surface area contributed by atoms with Crippen LogP contribution >= 0.6 is 0 Å². The van der Waals surface area contributed by atoms with Crippen LogP contribution in [0.1, 0.15) is 29.0 Å². The van der Waals surface area contributed by atoms with Crippen molar-refractivity contribution in [2.45, 2.75) is 18.8 Å². The Labute approximate surface area is 148 Å². The predicted octanol–water partition coefficient (Wildman–Crippen LogP) is 3.37. The second kappa shape index (κ2) is 5.79. The van der Waals surface area contributed by atoms with Crippen molar-refractivity contribution in [1.29, 1.82) is 5.26 Å². The Morgan fingerprint density at radius 3 is 3.04 bits per heavy atom. The average molecular weight is 330 g/mol. The number of hydrogen-bond donors (Lipinski definition) is 2. The molecule has 4 nitrogen and oxygen atoms in total. The number of nitrogens with zero attached hydrogens (tertiary/aromatic N) is 2. The first-order valence-electron chi connectivity index (χ1n) is 9.22. The molecular weight excluding hydrogens is 308 g/mol. The molecule has 2 N–H and O–H groups in total. The molecule has 2 aromatic rings. The second-order valence-corrected chi connectivity index (χ2v) is 7.43. The molecule has 1 saturated heterocycles. The van der Waals surface area contributed by atoms with Gasteiger partial charge in [-0.3, -0.25) is 0 Å². The highest BCUT2D eigenvalue weighted by Gasteiger charge is 2.38. The van der Waals surface area contributed by atoms with Crippen molar-refractivity contribution in [3.63, 3.8) is 0 Å². The molecule has 2 atom stereocenters. The van der Waals surface area contributed by atoms with Gasteiger partial charge in [0.05, 0.1) is 11.3 Å². The number of nitrogens with one attached hydrogen (secondary N) is 2. The topological polar surface area (TPSA) is 51.1 Å². The first-order chi connectivity index (χ1) is 12.3. The van der Waals surface area contributed by atoms with Crippen molar-refractivity contribution in [2.24, 2.45) is 5.92 Å². The molecule has 0 saturated carbocycles. The van der Waals surface area contributed by atoms with E-state index in [1.165, 1.54) is 36.3 Å². The maximum atomic E-state index is 9.35. The van der Waals surface area contributed by atoms with Crippen LogP contribution in [0.15, 0.2) is 36.4 Å². The Hall–Kier alpha value is -2.51. The van der Waals surface area contributed by atoms with Crippen molar-refractivity contribution in [3.05, 3.63) is 53.1 Å². The molecule has 2 aromatic carbocycles. The smallest absolute Gasteiger partial charge is 0.101 e. The van der Waals surface area contributed by atoms with E-state index in [1.54, 1.807) is 0 Å². The molecule has 0 radical (unpaired) electrons. The summed E-state index contributed by atoms with van der Waals surface area (Å²) in [6.07, 6.45) is 2.38. The summed E-state index contributed by atoms with van der Waals surface area (Å²) in [4.78, 5) is 2.61. The summed E-state index contributed by atoms with van der Waals surface area (Å²) in [5, 5.41) is 16.4. The summed E-state index contributed by atoms with van der Waals surface area (Å²) in [5.74, 6) is 1.34. The molecule has 0 unspecified atom stereocenters. The quantitative estimate of drug-likeness (QED) is 0.886. The highest BCUT2D eigenvalue weighted by atomic mass is 15.2. The Kier molecular flexibility index (Phi) is 3.43. The van der Waals surface area contributed by atoms with Gasteiger partial charge < -0.3 is 15.5 Å². The molecule has 0 aromatic heterocycles. The van der Waals surface area contributed by atoms with E-state index in [-0.39, 0.29) is 0 Å². The molecule has 0 aliphatic carbocycles. The van der Waals surface area contributed by atoms with Gasteiger partial charge in [0.15, 0.2) is 0 Å². The highest BCUT2D eigenvalue weighted by molar-refractivity contribution is 5.74. The zero-order valence-electron chi connectivity index (χ0n) is 14.3. The predicted molar refractivity (Wildman–Crippen MR) is 101 cm³/mol. The Morgan fingerprint density at radius 1 is 1.20 bits per heavy atom. The number of fused-ring (bicyclic) bond motifs is 2. The van der Waals surface area contributed by atoms with E-state index in [0.29, 0.717) is 11.5 Å². The number of aryl methyl sites for hydroxylation is 1. The van der Waals surface area contributed by atoms with Crippen LogP contribution < -0.4 is 15.5 Å². The first kappa shape index (κ1) is 14.8. The fourth-order valence-corrected chi connectivity index (χ4v) is 4.82. The molecule has 0 amide bonds. The van der Waals surface area contributed by atoms with Gasteiger partial charge in [-0.05, 0) is 54.2 Å². The monoisotopic (exact) mass is 330 g/mol. The van der Waals surface area contributed by atoms with E-state index >= 15 is 0 Å². The zero-order valence-corrected chi connectivity index (χ0v) is 14.3. The van der Waals surface area contributed by atoms with Crippen molar-refractivity contribution >= 4 is 17.1 Å². The third kappa shape index (κ3) is 2.39. The van der Waals surface area contributed by atoms with Gasteiger partial charge in [0.2, 0.25) is 0 Å². The minimum Gasteiger partial charge on any atom is -0.371 e. The molecule has 25 heavy (non-hydrogen) atoms. The van der Waals surface area contributed by atoms with Crippen LogP contribution in [-0.2, 0) is 6.42 Å². The van der Waals surface area contributed by atoms with E-state index < -0.39 is 0 Å². The van der Waals surface area contributed by atoms with Crippen LogP contribution in [0.3, 0.4) is 0 Å². The van der Waals surface area contributed by atoms with Crippen molar-refractivity contribution < 1.29 is 0 Å². The summed E-state index contributed by atoms with van der Waals surface area (Å²) >= 11 is 0. The molecular formula is C21H22N4. The standard InChI is InChI=1S/C21H22N4/c22-10-15-4-1-2-6-20(15)24-17-8-14-5-3-7-25-13-16-11-23-12-19(16)18(9-17)21(14)25/h1-2,4,6,8-9,16,19,23-24H,3,5,7,11-13H2/t16-,19-/m1/s1. The maximum absolute atomic E-state index is 9.35. The lowest BCUT2D eigenvalue weighted by atomic mass is 9.80. The maximum Gasteiger partial charge on any atom is 0.101 e. The van der Waals surface area contributed by atoms with Gasteiger partial charge in [0.1, 0.15) is 6.07 Å². The van der Waals surface area contributed by atoms with Gasteiger partial charge in [0.25, 0.3) is 0 Å². The van der Waals surface area contributed by atoms with Crippen LogP contribution in [0.25, 0.3) is 0 Å². The van der Waals surface area contributed by atoms with E-state index in [9.17, 15) is 5.26 Å². The normalized spacial score (nSPS) is 23.6. The fraction of sp³-hybridized carbons (Fsp3) is 0.381. The fourth-order valence-electron chi connectivity index (χ4n) is 4.82. The molecule has 5 rings (SSSR count).